The SMILES string of the molecule is C/C=C(\C)c1cnn(C(C)(C)CCSCCC(N)C(=O)O)n1. The van der Waals surface area contributed by atoms with Crippen LogP contribution >= 0.6 is 11.8 Å². The van der Waals surface area contributed by atoms with Gasteiger partial charge < -0.3 is 10.8 Å². The monoisotopic (exact) mass is 326 g/mol. The van der Waals surface area contributed by atoms with Gasteiger partial charge in [-0.15, -0.1) is 0 Å². The highest BCUT2D eigenvalue weighted by Gasteiger charge is 2.22. The van der Waals surface area contributed by atoms with Crippen molar-refractivity contribution in [2.45, 2.75) is 52.1 Å². The average molecular weight is 326 g/mol. The first-order valence-electron chi connectivity index (χ1n) is 7.40. The fourth-order valence-electron chi connectivity index (χ4n) is 1.74. The van der Waals surface area contributed by atoms with E-state index in [4.69, 9.17) is 10.8 Å². The molecule has 0 aromatic carbocycles. The molecule has 22 heavy (non-hydrogen) atoms. The van der Waals surface area contributed by atoms with Crippen molar-refractivity contribution in [2.24, 2.45) is 5.73 Å². The second-order valence-electron chi connectivity index (χ2n) is 5.90. The summed E-state index contributed by atoms with van der Waals surface area (Å²) >= 11 is 1.71. The first-order valence-corrected chi connectivity index (χ1v) is 8.55. The number of aliphatic carboxylic acids is 1. The molecule has 0 bridgehead atoms. The van der Waals surface area contributed by atoms with Crippen LogP contribution in [0.15, 0.2) is 12.3 Å². The van der Waals surface area contributed by atoms with Crippen molar-refractivity contribution in [3.05, 3.63) is 18.0 Å². The summed E-state index contributed by atoms with van der Waals surface area (Å²) in [5.74, 6) is 0.728. The van der Waals surface area contributed by atoms with E-state index in [9.17, 15) is 4.79 Å². The highest BCUT2D eigenvalue weighted by Crippen LogP contribution is 2.22. The zero-order valence-corrected chi connectivity index (χ0v) is 14.6. The first-order chi connectivity index (χ1) is 10.3. The Balaban J connectivity index is 2.44. The number of rotatable bonds is 9. The van der Waals surface area contributed by atoms with Gasteiger partial charge >= 0.3 is 5.97 Å². The summed E-state index contributed by atoms with van der Waals surface area (Å²) in [5, 5.41) is 17.6. The lowest BCUT2D eigenvalue weighted by Crippen LogP contribution is -2.31. The Bertz CT molecular complexity index is 525. The minimum atomic E-state index is -0.937. The molecule has 0 aliphatic heterocycles. The van der Waals surface area contributed by atoms with Crippen molar-refractivity contribution in [1.82, 2.24) is 15.0 Å². The second kappa shape index (κ2) is 8.33. The molecule has 124 valence electrons. The molecule has 0 fully saturated rings. The molecule has 0 amide bonds. The van der Waals surface area contributed by atoms with Crippen molar-refractivity contribution < 1.29 is 9.90 Å². The molecular weight excluding hydrogens is 300 g/mol. The van der Waals surface area contributed by atoms with Gasteiger partial charge in [-0.3, -0.25) is 4.79 Å². The number of thioether (sulfide) groups is 1. The number of nitrogens with zero attached hydrogens (tertiary/aromatic N) is 3. The maximum Gasteiger partial charge on any atom is 0.320 e. The second-order valence-corrected chi connectivity index (χ2v) is 7.12. The topological polar surface area (TPSA) is 94.0 Å². The standard InChI is InChI=1S/C15H26N4O2S/c1-5-11(2)13-10-17-19(18-13)15(3,4)7-9-22-8-6-12(16)14(20)21/h5,10,12H,6-9,16H2,1-4H3,(H,20,21)/b11-5+. The van der Waals surface area contributed by atoms with Gasteiger partial charge in [0.15, 0.2) is 0 Å². The van der Waals surface area contributed by atoms with Gasteiger partial charge in [0, 0.05) is 0 Å². The van der Waals surface area contributed by atoms with Gasteiger partial charge in [0.25, 0.3) is 0 Å². The van der Waals surface area contributed by atoms with Crippen LogP contribution in [0.3, 0.4) is 0 Å². The van der Waals surface area contributed by atoms with Crippen molar-refractivity contribution in [3.63, 3.8) is 0 Å². The fourth-order valence-corrected chi connectivity index (χ4v) is 3.01. The van der Waals surface area contributed by atoms with Crippen LogP contribution in [0.25, 0.3) is 5.57 Å². The highest BCUT2D eigenvalue weighted by molar-refractivity contribution is 7.99. The van der Waals surface area contributed by atoms with E-state index in [0.29, 0.717) is 6.42 Å². The molecule has 1 rings (SSSR count). The number of allylic oxidation sites excluding steroid dienone is 2. The molecule has 7 heteroatoms. The van der Waals surface area contributed by atoms with Gasteiger partial charge in [-0.2, -0.15) is 26.8 Å². The maximum atomic E-state index is 10.6. The first kappa shape index (κ1) is 18.7. The molecule has 0 radical (unpaired) electrons. The predicted molar refractivity (Wildman–Crippen MR) is 90.8 cm³/mol. The molecule has 0 saturated carbocycles. The van der Waals surface area contributed by atoms with Crippen LogP contribution in [-0.2, 0) is 10.3 Å². The summed E-state index contributed by atoms with van der Waals surface area (Å²) in [7, 11) is 0. The molecule has 0 aliphatic rings. The summed E-state index contributed by atoms with van der Waals surface area (Å²) in [4.78, 5) is 12.4. The lowest BCUT2D eigenvalue weighted by molar-refractivity contribution is -0.138. The van der Waals surface area contributed by atoms with Crippen LogP contribution < -0.4 is 5.73 Å². The number of hydrogen-bond acceptors (Lipinski definition) is 5. The van der Waals surface area contributed by atoms with Crippen LogP contribution in [0.4, 0.5) is 0 Å². The van der Waals surface area contributed by atoms with Crippen LogP contribution in [0.5, 0.6) is 0 Å². The smallest absolute Gasteiger partial charge is 0.320 e. The third kappa shape index (κ3) is 5.46. The zero-order valence-electron chi connectivity index (χ0n) is 13.7. The molecule has 6 nitrogen and oxygen atoms in total. The molecule has 1 heterocycles. The van der Waals surface area contributed by atoms with Gasteiger partial charge in [-0.1, -0.05) is 6.08 Å². The van der Waals surface area contributed by atoms with E-state index < -0.39 is 12.0 Å². The molecule has 1 aromatic heterocycles. The number of carboxylic acids is 1. The van der Waals surface area contributed by atoms with Crippen LogP contribution in [0.2, 0.25) is 0 Å². The maximum absolute atomic E-state index is 10.6. The molecular formula is C15H26N4O2S. The lowest BCUT2D eigenvalue weighted by Gasteiger charge is -2.23. The molecule has 3 N–H and O–H groups in total. The van der Waals surface area contributed by atoms with E-state index in [0.717, 1.165) is 29.2 Å². The minimum absolute atomic E-state index is 0.172. The third-order valence-electron chi connectivity index (χ3n) is 3.62. The highest BCUT2D eigenvalue weighted by atomic mass is 32.2. The van der Waals surface area contributed by atoms with Gasteiger partial charge in [0.2, 0.25) is 0 Å². The van der Waals surface area contributed by atoms with Crippen LogP contribution in [-0.4, -0.2) is 43.6 Å². The Morgan fingerprint density at radius 1 is 1.55 bits per heavy atom. The lowest BCUT2D eigenvalue weighted by atomic mass is 10.0. The Hall–Kier alpha value is -1.34. The van der Waals surface area contributed by atoms with E-state index in [1.807, 2.05) is 19.9 Å². The minimum Gasteiger partial charge on any atom is -0.480 e. The van der Waals surface area contributed by atoms with Crippen molar-refractivity contribution >= 4 is 23.3 Å². The van der Waals surface area contributed by atoms with E-state index in [-0.39, 0.29) is 5.54 Å². The summed E-state index contributed by atoms with van der Waals surface area (Å²) in [6.07, 6.45) is 5.20. The van der Waals surface area contributed by atoms with E-state index in [1.165, 1.54) is 0 Å². The summed E-state index contributed by atoms with van der Waals surface area (Å²) < 4.78 is 0. The van der Waals surface area contributed by atoms with E-state index >= 15 is 0 Å². The molecule has 1 unspecified atom stereocenters. The Kier molecular flexibility index (Phi) is 7.09. The summed E-state index contributed by atoms with van der Waals surface area (Å²) in [6, 6.07) is -0.764. The summed E-state index contributed by atoms with van der Waals surface area (Å²) in [6.45, 7) is 8.21. The molecule has 0 saturated heterocycles. The van der Waals surface area contributed by atoms with Gasteiger partial charge in [-0.25, -0.2) is 0 Å². The largest absolute Gasteiger partial charge is 0.480 e. The van der Waals surface area contributed by atoms with Crippen molar-refractivity contribution in [2.75, 3.05) is 11.5 Å². The van der Waals surface area contributed by atoms with Crippen molar-refractivity contribution in [1.29, 1.82) is 0 Å². The molecule has 0 aliphatic carbocycles. The normalized spacial score (nSPS) is 14.1. The van der Waals surface area contributed by atoms with Crippen molar-refractivity contribution in [3.8, 4) is 0 Å². The zero-order chi connectivity index (χ0) is 16.8. The predicted octanol–water partition coefficient (Wildman–Crippen LogP) is 2.36. The van der Waals surface area contributed by atoms with Gasteiger partial charge in [0.05, 0.1) is 11.7 Å². The van der Waals surface area contributed by atoms with Crippen LogP contribution in [0.1, 0.15) is 46.2 Å². The number of carboxylic acid groups (broad SMARTS) is 1. The Labute approximate surface area is 136 Å². The quantitative estimate of drug-likeness (QED) is 0.677. The average Bonchev–Trinajstić information content (AvgIpc) is 2.96. The van der Waals surface area contributed by atoms with Gasteiger partial charge in [-0.05, 0) is 57.6 Å². The Morgan fingerprint density at radius 3 is 2.82 bits per heavy atom. The summed E-state index contributed by atoms with van der Waals surface area (Å²) in [5.41, 5.74) is 7.31. The van der Waals surface area contributed by atoms with E-state index in [1.54, 1.807) is 22.8 Å². The number of hydrogen-bond donors (Lipinski definition) is 2. The number of carbonyl (C=O) groups is 1. The molecule has 1 atom stereocenters. The van der Waals surface area contributed by atoms with Gasteiger partial charge in [0.1, 0.15) is 11.7 Å². The number of nitrogens with two attached hydrogens (primary N) is 1. The Morgan fingerprint density at radius 2 is 2.23 bits per heavy atom. The third-order valence-corrected chi connectivity index (χ3v) is 4.64. The fraction of sp³-hybridized carbons (Fsp3) is 0.667. The molecule has 0 spiro atoms. The van der Waals surface area contributed by atoms with Crippen LogP contribution in [0, 0.1) is 0 Å². The molecule has 1 aromatic rings. The van der Waals surface area contributed by atoms with E-state index in [2.05, 4.69) is 24.0 Å². The number of aromatic nitrogens is 3.